The van der Waals surface area contributed by atoms with Crippen LogP contribution in [0, 0.1) is 0 Å². The van der Waals surface area contributed by atoms with Gasteiger partial charge in [0.2, 0.25) is 11.8 Å². The Labute approximate surface area is 260 Å². The van der Waals surface area contributed by atoms with Gasteiger partial charge in [-0.05, 0) is 67.8 Å². The summed E-state index contributed by atoms with van der Waals surface area (Å²) in [5.41, 5.74) is 0.794. The molecule has 7 nitrogen and oxygen atoms in total. The zero-order valence-electron chi connectivity index (χ0n) is 22.6. The molecule has 0 spiro atoms. The number of benzene rings is 3. The van der Waals surface area contributed by atoms with E-state index in [1.165, 1.54) is 17.0 Å². The number of hydrogen-bond acceptors (Lipinski definition) is 4. The first-order chi connectivity index (χ1) is 19.6. The Morgan fingerprint density at radius 2 is 1.56 bits per heavy atom. The lowest BCUT2D eigenvalue weighted by Gasteiger charge is -2.34. The number of amides is 2. The highest BCUT2D eigenvalue weighted by atomic mass is 79.9. The number of carbonyl (C=O) groups excluding carboxylic acids is 2. The lowest BCUT2D eigenvalue weighted by atomic mass is 10.1. The van der Waals surface area contributed by atoms with Gasteiger partial charge in [0.15, 0.2) is 0 Å². The minimum atomic E-state index is -4.14. The quantitative estimate of drug-likeness (QED) is 0.241. The Hall–Kier alpha value is -2.59. The molecule has 0 bridgehead atoms. The fourth-order valence-electron chi connectivity index (χ4n) is 5.00. The molecule has 1 saturated carbocycles. The maximum Gasteiger partial charge on any atom is 0.264 e. The first-order valence-electron chi connectivity index (χ1n) is 13.5. The lowest BCUT2D eigenvalue weighted by Crippen LogP contribution is -2.53. The molecule has 11 heteroatoms. The molecule has 1 aliphatic carbocycles. The van der Waals surface area contributed by atoms with Crippen molar-refractivity contribution in [2.24, 2.45) is 0 Å². The van der Waals surface area contributed by atoms with Crippen LogP contribution in [0.25, 0.3) is 0 Å². The highest BCUT2D eigenvalue weighted by Crippen LogP contribution is 2.29. The number of anilines is 1. The van der Waals surface area contributed by atoms with Crippen molar-refractivity contribution in [1.29, 1.82) is 0 Å². The first-order valence-corrected chi connectivity index (χ1v) is 16.5. The summed E-state index contributed by atoms with van der Waals surface area (Å²) in [6.07, 6.45) is 4.17. The van der Waals surface area contributed by atoms with E-state index >= 15 is 0 Å². The topological polar surface area (TPSA) is 86.8 Å². The largest absolute Gasteiger partial charge is 0.352 e. The summed E-state index contributed by atoms with van der Waals surface area (Å²) in [6, 6.07) is 18.8. The molecule has 1 aliphatic rings. The molecule has 3 aromatic rings. The van der Waals surface area contributed by atoms with Crippen molar-refractivity contribution >= 4 is 66.7 Å². The van der Waals surface area contributed by atoms with E-state index in [0.29, 0.717) is 27.7 Å². The Morgan fingerprint density at radius 3 is 2.15 bits per heavy atom. The third kappa shape index (κ3) is 7.63. The number of rotatable bonds is 11. The van der Waals surface area contributed by atoms with Crippen LogP contribution in [0.15, 0.2) is 82.2 Å². The van der Waals surface area contributed by atoms with Crippen LogP contribution in [0.4, 0.5) is 5.69 Å². The van der Waals surface area contributed by atoms with Crippen LogP contribution in [-0.2, 0) is 26.2 Å². The average molecular weight is 681 g/mol. The molecule has 4 rings (SSSR count). The molecule has 1 unspecified atom stereocenters. The Morgan fingerprint density at radius 1 is 0.951 bits per heavy atom. The highest BCUT2D eigenvalue weighted by Gasteiger charge is 2.35. The molecular formula is C30H32BrCl2N3O4S. The van der Waals surface area contributed by atoms with Crippen molar-refractivity contribution in [3.63, 3.8) is 0 Å². The number of nitrogens with one attached hydrogen (secondary N) is 1. The highest BCUT2D eigenvalue weighted by molar-refractivity contribution is 9.10. The summed E-state index contributed by atoms with van der Waals surface area (Å²) in [7, 11) is -4.14. The van der Waals surface area contributed by atoms with E-state index in [9.17, 15) is 18.0 Å². The summed E-state index contributed by atoms with van der Waals surface area (Å²) >= 11 is 16.3. The van der Waals surface area contributed by atoms with Crippen LogP contribution in [0.2, 0.25) is 10.0 Å². The molecule has 218 valence electrons. The normalized spacial score (nSPS) is 14.4. The van der Waals surface area contributed by atoms with E-state index in [4.69, 9.17) is 23.2 Å². The minimum Gasteiger partial charge on any atom is -0.352 e. The van der Waals surface area contributed by atoms with E-state index in [-0.39, 0.29) is 23.4 Å². The van der Waals surface area contributed by atoms with E-state index in [1.807, 2.05) is 6.92 Å². The van der Waals surface area contributed by atoms with Gasteiger partial charge in [0.25, 0.3) is 10.0 Å². The third-order valence-corrected chi connectivity index (χ3v) is 10.2. The van der Waals surface area contributed by atoms with Crippen LogP contribution in [0.3, 0.4) is 0 Å². The molecule has 0 radical (unpaired) electrons. The van der Waals surface area contributed by atoms with Crippen LogP contribution in [0.1, 0.15) is 44.6 Å². The molecule has 1 atom stereocenters. The SMILES string of the molecule is CCC(C(=O)NC1CCCC1)N(Cc1c(Cl)cccc1Cl)C(=O)CN(c1ccc(Br)cc1)S(=O)(=O)c1ccccc1. The van der Waals surface area contributed by atoms with Gasteiger partial charge < -0.3 is 10.2 Å². The Bertz CT molecular complexity index is 1450. The third-order valence-electron chi connectivity index (χ3n) is 7.20. The second-order valence-electron chi connectivity index (χ2n) is 9.94. The Kier molecular flexibility index (Phi) is 10.7. The summed E-state index contributed by atoms with van der Waals surface area (Å²) < 4.78 is 29.6. The van der Waals surface area contributed by atoms with Crippen molar-refractivity contribution in [3.8, 4) is 0 Å². The minimum absolute atomic E-state index is 0.0439. The average Bonchev–Trinajstić information content (AvgIpc) is 3.47. The second-order valence-corrected chi connectivity index (χ2v) is 13.5. The van der Waals surface area contributed by atoms with Gasteiger partial charge in [-0.15, -0.1) is 0 Å². The van der Waals surface area contributed by atoms with Crippen molar-refractivity contribution in [1.82, 2.24) is 10.2 Å². The molecule has 0 saturated heterocycles. The fourth-order valence-corrected chi connectivity index (χ4v) is 7.21. The standard InChI is InChI=1S/C30H32BrCl2N3O4S/c1-2-28(30(38)34-22-9-6-7-10-22)35(19-25-26(32)13-8-14-27(25)33)29(37)20-36(23-17-15-21(31)16-18-23)41(39,40)24-11-4-3-5-12-24/h3-5,8,11-18,22,28H,2,6-7,9-10,19-20H2,1H3,(H,34,38). The molecule has 1 N–H and O–H groups in total. The van der Waals surface area contributed by atoms with Gasteiger partial charge in [-0.2, -0.15) is 0 Å². The van der Waals surface area contributed by atoms with Crippen molar-refractivity contribution in [2.75, 3.05) is 10.8 Å². The van der Waals surface area contributed by atoms with Crippen molar-refractivity contribution in [2.45, 2.75) is 62.6 Å². The predicted octanol–water partition coefficient (Wildman–Crippen LogP) is 6.82. The molecular weight excluding hydrogens is 649 g/mol. The zero-order chi connectivity index (χ0) is 29.6. The van der Waals surface area contributed by atoms with Crippen molar-refractivity contribution in [3.05, 3.63) is 92.9 Å². The van der Waals surface area contributed by atoms with Crippen molar-refractivity contribution < 1.29 is 18.0 Å². The number of sulfonamides is 1. The summed E-state index contributed by atoms with van der Waals surface area (Å²) in [5, 5.41) is 3.79. The molecule has 41 heavy (non-hydrogen) atoms. The van der Waals surface area contributed by atoms with E-state index in [0.717, 1.165) is 34.5 Å². The van der Waals surface area contributed by atoms with Gasteiger partial charge in [-0.3, -0.25) is 13.9 Å². The predicted molar refractivity (Wildman–Crippen MR) is 167 cm³/mol. The van der Waals surface area contributed by atoms with Gasteiger partial charge in [0.1, 0.15) is 12.6 Å². The monoisotopic (exact) mass is 679 g/mol. The molecule has 2 amide bonds. The molecule has 1 fully saturated rings. The molecule has 0 aliphatic heterocycles. The van der Waals surface area contributed by atoms with Gasteiger partial charge in [-0.25, -0.2) is 8.42 Å². The molecule has 3 aromatic carbocycles. The van der Waals surface area contributed by atoms with E-state index in [2.05, 4.69) is 21.2 Å². The molecule has 0 heterocycles. The maximum atomic E-state index is 14.2. The first kappa shape index (κ1) is 31.3. The number of carbonyl (C=O) groups is 2. The summed E-state index contributed by atoms with van der Waals surface area (Å²) in [6.45, 7) is 1.22. The zero-order valence-corrected chi connectivity index (χ0v) is 26.5. The van der Waals surface area contributed by atoms with E-state index < -0.39 is 28.5 Å². The van der Waals surface area contributed by atoms with Crippen LogP contribution >= 0.6 is 39.1 Å². The summed E-state index contributed by atoms with van der Waals surface area (Å²) in [5.74, 6) is -0.839. The second kappa shape index (κ2) is 14.1. The number of halogens is 3. The fraction of sp³-hybridized carbons (Fsp3) is 0.333. The van der Waals surface area contributed by atoms with Crippen LogP contribution in [-0.4, -0.2) is 43.8 Å². The van der Waals surface area contributed by atoms with E-state index in [1.54, 1.807) is 60.7 Å². The smallest absolute Gasteiger partial charge is 0.264 e. The summed E-state index contributed by atoms with van der Waals surface area (Å²) in [4.78, 5) is 29.2. The number of hydrogen-bond donors (Lipinski definition) is 1. The maximum absolute atomic E-state index is 14.2. The van der Waals surface area contributed by atoms with Gasteiger partial charge >= 0.3 is 0 Å². The lowest BCUT2D eigenvalue weighted by molar-refractivity contribution is -0.140. The number of nitrogens with zero attached hydrogens (tertiary/aromatic N) is 2. The van der Waals surface area contributed by atoms with Crippen LogP contribution < -0.4 is 9.62 Å². The Balaban J connectivity index is 1.73. The molecule has 0 aromatic heterocycles. The van der Waals surface area contributed by atoms with Crippen LogP contribution in [0.5, 0.6) is 0 Å². The van der Waals surface area contributed by atoms with Gasteiger partial charge in [0, 0.05) is 32.7 Å². The van der Waals surface area contributed by atoms with Gasteiger partial charge in [0.05, 0.1) is 10.6 Å². The van der Waals surface area contributed by atoms with Gasteiger partial charge in [-0.1, -0.05) is 83.2 Å².